The summed E-state index contributed by atoms with van der Waals surface area (Å²) in [4.78, 5) is 14.4. The van der Waals surface area contributed by atoms with Gasteiger partial charge in [-0.3, -0.25) is 0 Å². The molecule has 0 radical (unpaired) electrons. The van der Waals surface area contributed by atoms with E-state index in [1.165, 1.54) is 19.4 Å². The van der Waals surface area contributed by atoms with Crippen LogP contribution in [0.1, 0.15) is 24.8 Å². The maximum Gasteiger partial charge on any atom is 0.407 e. The average Bonchev–Trinajstić information content (AvgIpc) is 2.50. The first kappa shape index (κ1) is 13.4. The SMILES string of the molecule is O=C(NC1CCN2CCCC1C2)OCc1ccccc1. The zero-order chi connectivity index (χ0) is 13.8. The van der Waals surface area contributed by atoms with Crippen LogP contribution in [0, 0.1) is 5.92 Å². The van der Waals surface area contributed by atoms with Crippen LogP contribution in [0.4, 0.5) is 4.79 Å². The molecule has 1 aromatic carbocycles. The first-order chi connectivity index (χ1) is 9.81. The van der Waals surface area contributed by atoms with Crippen molar-refractivity contribution in [1.82, 2.24) is 10.2 Å². The number of amides is 1. The number of piperidine rings is 2. The highest BCUT2D eigenvalue weighted by Crippen LogP contribution is 2.26. The second kappa shape index (κ2) is 6.27. The van der Waals surface area contributed by atoms with Gasteiger partial charge in [0.1, 0.15) is 6.61 Å². The van der Waals surface area contributed by atoms with Crippen molar-refractivity contribution in [3.05, 3.63) is 35.9 Å². The van der Waals surface area contributed by atoms with Crippen molar-refractivity contribution in [2.45, 2.75) is 31.9 Å². The Balaban J connectivity index is 1.46. The fourth-order valence-electron chi connectivity index (χ4n) is 3.29. The van der Waals surface area contributed by atoms with Gasteiger partial charge in [0.2, 0.25) is 0 Å². The van der Waals surface area contributed by atoms with E-state index < -0.39 is 0 Å². The predicted molar refractivity (Wildman–Crippen MR) is 77.3 cm³/mol. The molecule has 3 atom stereocenters. The van der Waals surface area contributed by atoms with Crippen molar-refractivity contribution in [3.63, 3.8) is 0 Å². The molecule has 3 rings (SSSR count). The summed E-state index contributed by atoms with van der Waals surface area (Å²) in [6.45, 7) is 3.79. The number of rotatable bonds is 3. The molecule has 2 aliphatic rings. The summed E-state index contributed by atoms with van der Waals surface area (Å²) in [5.74, 6) is 0.599. The van der Waals surface area contributed by atoms with E-state index in [0.717, 1.165) is 25.1 Å². The molecule has 1 aromatic rings. The molecule has 2 bridgehead atoms. The molecule has 4 heteroatoms. The van der Waals surface area contributed by atoms with Gasteiger partial charge in [-0.1, -0.05) is 30.3 Å². The van der Waals surface area contributed by atoms with E-state index in [-0.39, 0.29) is 12.1 Å². The van der Waals surface area contributed by atoms with Crippen LogP contribution >= 0.6 is 0 Å². The number of hydrogen-bond donors (Lipinski definition) is 1. The quantitative estimate of drug-likeness (QED) is 0.920. The van der Waals surface area contributed by atoms with Gasteiger partial charge < -0.3 is 15.0 Å². The van der Waals surface area contributed by atoms with Gasteiger partial charge in [-0.05, 0) is 37.3 Å². The number of carbonyl (C=O) groups excluding carboxylic acids is 1. The van der Waals surface area contributed by atoms with Gasteiger partial charge in [0.05, 0.1) is 0 Å². The summed E-state index contributed by atoms with van der Waals surface area (Å²) in [5.41, 5.74) is 1.02. The largest absolute Gasteiger partial charge is 0.445 e. The van der Waals surface area contributed by atoms with E-state index in [9.17, 15) is 4.79 Å². The minimum absolute atomic E-state index is 0.280. The Hall–Kier alpha value is -1.55. The highest BCUT2D eigenvalue weighted by Gasteiger charge is 2.32. The number of ether oxygens (including phenoxy) is 1. The topological polar surface area (TPSA) is 41.6 Å². The number of alkyl carbamates (subject to hydrolysis) is 1. The summed E-state index contributed by atoms with van der Waals surface area (Å²) < 4.78 is 5.30. The first-order valence-electron chi connectivity index (χ1n) is 7.51. The molecule has 2 heterocycles. The van der Waals surface area contributed by atoms with Gasteiger partial charge in [-0.2, -0.15) is 0 Å². The van der Waals surface area contributed by atoms with Gasteiger partial charge in [-0.15, -0.1) is 0 Å². The first-order valence-corrected chi connectivity index (χ1v) is 7.51. The van der Waals surface area contributed by atoms with E-state index in [0.29, 0.717) is 12.5 Å². The summed E-state index contributed by atoms with van der Waals surface area (Å²) in [6.07, 6.45) is 3.24. The molecule has 1 amide bonds. The standard InChI is InChI=1S/C16H22N2O2/c19-16(20-12-13-5-2-1-3-6-13)17-15-8-10-18-9-4-7-14(15)11-18/h1-3,5-6,14-15H,4,7-12H2,(H,17,19). The highest BCUT2D eigenvalue weighted by atomic mass is 16.5. The fourth-order valence-corrected chi connectivity index (χ4v) is 3.29. The molecular weight excluding hydrogens is 252 g/mol. The third kappa shape index (κ3) is 3.31. The number of benzene rings is 1. The molecule has 0 saturated carbocycles. The lowest BCUT2D eigenvalue weighted by molar-refractivity contribution is 0.0806. The molecule has 20 heavy (non-hydrogen) atoms. The van der Waals surface area contributed by atoms with E-state index in [1.807, 2.05) is 30.3 Å². The van der Waals surface area contributed by atoms with Gasteiger partial charge >= 0.3 is 6.09 Å². The van der Waals surface area contributed by atoms with Crippen LogP contribution in [-0.4, -0.2) is 36.7 Å². The van der Waals surface area contributed by atoms with Gasteiger partial charge in [0.15, 0.2) is 0 Å². The molecule has 1 N–H and O–H groups in total. The van der Waals surface area contributed by atoms with Crippen LogP contribution in [0.3, 0.4) is 0 Å². The van der Waals surface area contributed by atoms with E-state index in [1.54, 1.807) is 0 Å². The Kier molecular flexibility index (Phi) is 4.21. The van der Waals surface area contributed by atoms with Crippen LogP contribution in [0.2, 0.25) is 0 Å². The number of carbonyl (C=O) groups is 1. The maximum atomic E-state index is 11.9. The van der Waals surface area contributed by atoms with Crippen LogP contribution in [0.15, 0.2) is 30.3 Å². The van der Waals surface area contributed by atoms with Crippen molar-refractivity contribution in [3.8, 4) is 0 Å². The molecule has 0 spiro atoms. The Morgan fingerprint density at radius 2 is 2.10 bits per heavy atom. The van der Waals surface area contributed by atoms with E-state index >= 15 is 0 Å². The zero-order valence-electron chi connectivity index (χ0n) is 11.8. The summed E-state index contributed by atoms with van der Waals surface area (Å²) in [7, 11) is 0. The number of nitrogens with zero attached hydrogens (tertiary/aromatic N) is 1. The normalized spacial score (nSPS) is 28.7. The Morgan fingerprint density at radius 3 is 2.95 bits per heavy atom. The summed E-state index contributed by atoms with van der Waals surface area (Å²) in [5, 5.41) is 3.06. The Labute approximate surface area is 120 Å². The lowest BCUT2D eigenvalue weighted by Gasteiger charge is -2.42. The molecule has 0 aliphatic carbocycles. The Morgan fingerprint density at radius 1 is 1.25 bits per heavy atom. The molecule has 2 aliphatic heterocycles. The van der Waals surface area contributed by atoms with Crippen LogP contribution in [0.5, 0.6) is 0 Å². The number of hydrogen-bond acceptors (Lipinski definition) is 3. The minimum atomic E-state index is -0.280. The molecule has 3 unspecified atom stereocenters. The summed E-state index contributed by atoms with van der Waals surface area (Å²) >= 11 is 0. The van der Waals surface area contributed by atoms with Crippen molar-refractivity contribution in [2.75, 3.05) is 19.6 Å². The molecule has 2 saturated heterocycles. The van der Waals surface area contributed by atoms with E-state index in [2.05, 4.69) is 10.2 Å². The second-order valence-electron chi connectivity index (χ2n) is 5.80. The number of nitrogens with one attached hydrogen (secondary N) is 1. The van der Waals surface area contributed by atoms with E-state index in [4.69, 9.17) is 4.74 Å². The van der Waals surface area contributed by atoms with Crippen molar-refractivity contribution >= 4 is 6.09 Å². The third-order valence-electron chi connectivity index (χ3n) is 4.38. The third-order valence-corrected chi connectivity index (χ3v) is 4.38. The van der Waals surface area contributed by atoms with Crippen LogP contribution in [-0.2, 0) is 11.3 Å². The molecule has 2 fully saturated rings. The van der Waals surface area contributed by atoms with Crippen LogP contribution < -0.4 is 5.32 Å². The van der Waals surface area contributed by atoms with Crippen molar-refractivity contribution in [1.29, 1.82) is 0 Å². The molecule has 108 valence electrons. The summed E-state index contributed by atoms with van der Waals surface area (Å²) in [6, 6.07) is 10.1. The van der Waals surface area contributed by atoms with Gasteiger partial charge in [-0.25, -0.2) is 4.79 Å². The predicted octanol–water partition coefficient (Wildman–Crippen LogP) is 2.40. The Bertz CT molecular complexity index is 449. The molecular formula is C16H22N2O2. The maximum absolute atomic E-state index is 11.9. The fraction of sp³-hybridized carbons (Fsp3) is 0.562. The van der Waals surface area contributed by atoms with Crippen molar-refractivity contribution in [2.24, 2.45) is 5.92 Å². The highest BCUT2D eigenvalue weighted by molar-refractivity contribution is 5.67. The van der Waals surface area contributed by atoms with Crippen LogP contribution in [0.25, 0.3) is 0 Å². The minimum Gasteiger partial charge on any atom is -0.445 e. The average molecular weight is 274 g/mol. The number of fused-ring (bicyclic) bond motifs is 2. The lowest BCUT2D eigenvalue weighted by atomic mass is 9.85. The van der Waals surface area contributed by atoms with Gasteiger partial charge in [0.25, 0.3) is 0 Å². The smallest absolute Gasteiger partial charge is 0.407 e. The van der Waals surface area contributed by atoms with Gasteiger partial charge in [0, 0.05) is 19.1 Å². The van der Waals surface area contributed by atoms with Crippen molar-refractivity contribution < 1.29 is 9.53 Å². The monoisotopic (exact) mass is 274 g/mol. The zero-order valence-corrected chi connectivity index (χ0v) is 11.8. The lowest BCUT2D eigenvalue weighted by Crippen LogP contribution is -2.53. The second-order valence-corrected chi connectivity index (χ2v) is 5.80. The molecule has 4 nitrogen and oxygen atoms in total. The molecule has 0 aromatic heterocycles.